The van der Waals surface area contributed by atoms with Gasteiger partial charge in [0.05, 0.1) is 6.04 Å². The summed E-state index contributed by atoms with van der Waals surface area (Å²) < 4.78 is 5.74. The highest BCUT2D eigenvalue weighted by Crippen LogP contribution is 2.23. The summed E-state index contributed by atoms with van der Waals surface area (Å²) in [5, 5.41) is 5.66. The Morgan fingerprint density at radius 2 is 1.48 bits per heavy atom. The molecule has 6 heteroatoms. The molecule has 0 aromatic heterocycles. The maximum Gasteiger partial charge on any atom is 0.319 e. The van der Waals surface area contributed by atoms with E-state index in [1.165, 1.54) is 0 Å². The Bertz CT molecular complexity index is 975. The second-order valence-electron chi connectivity index (χ2n) is 6.78. The molecule has 3 aromatic rings. The molecule has 4 rings (SSSR count). The molecular weight excluding hydrogens is 366 g/mol. The van der Waals surface area contributed by atoms with Gasteiger partial charge in [0, 0.05) is 24.3 Å². The van der Waals surface area contributed by atoms with E-state index in [0.717, 1.165) is 11.4 Å². The Morgan fingerprint density at radius 1 is 0.862 bits per heavy atom. The molecular formula is C23H21N3O3. The van der Waals surface area contributed by atoms with Crippen molar-refractivity contribution in [1.29, 1.82) is 0 Å². The summed E-state index contributed by atoms with van der Waals surface area (Å²) in [5.74, 6) is 1.44. The zero-order valence-corrected chi connectivity index (χ0v) is 15.7. The number of ether oxygens (including phenoxy) is 1. The van der Waals surface area contributed by atoms with Crippen LogP contribution in [-0.2, 0) is 4.79 Å². The van der Waals surface area contributed by atoms with Crippen molar-refractivity contribution in [1.82, 2.24) is 5.32 Å². The summed E-state index contributed by atoms with van der Waals surface area (Å²) in [6.45, 7) is 0.458. The molecule has 1 heterocycles. The zero-order valence-electron chi connectivity index (χ0n) is 15.7. The highest BCUT2D eigenvalue weighted by molar-refractivity contribution is 5.97. The van der Waals surface area contributed by atoms with Crippen LogP contribution in [0.2, 0.25) is 0 Å². The van der Waals surface area contributed by atoms with Crippen molar-refractivity contribution in [3.05, 3.63) is 84.9 Å². The maximum atomic E-state index is 12.3. The first kappa shape index (κ1) is 18.6. The molecule has 2 N–H and O–H groups in total. The van der Waals surface area contributed by atoms with Crippen LogP contribution in [0.4, 0.5) is 16.2 Å². The van der Waals surface area contributed by atoms with Crippen molar-refractivity contribution in [2.24, 2.45) is 0 Å². The van der Waals surface area contributed by atoms with Crippen LogP contribution in [0.25, 0.3) is 0 Å². The molecule has 0 unspecified atom stereocenters. The minimum Gasteiger partial charge on any atom is -0.457 e. The summed E-state index contributed by atoms with van der Waals surface area (Å²) in [7, 11) is 0. The van der Waals surface area contributed by atoms with Crippen LogP contribution in [0.5, 0.6) is 11.5 Å². The van der Waals surface area contributed by atoms with Crippen LogP contribution in [-0.4, -0.2) is 24.5 Å². The molecule has 0 aliphatic carbocycles. The third kappa shape index (κ3) is 4.73. The van der Waals surface area contributed by atoms with Crippen molar-refractivity contribution in [2.45, 2.75) is 12.5 Å². The third-order valence-electron chi connectivity index (χ3n) is 4.62. The first-order valence-electron chi connectivity index (χ1n) is 9.43. The first-order chi connectivity index (χ1) is 14.2. The predicted molar refractivity (Wildman–Crippen MR) is 112 cm³/mol. The number of nitrogens with zero attached hydrogens (tertiary/aromatic N) is 1. The highest BCUT2D eigenvalue weighted by Gasteiger charge is 2.31. The van der Waals surface area contributed by atoms with E-state index < -0.39 is 0 Å². The van der Waals surface area contributed by atoms with Crippen LogP contribution >= 0.6 is 0 Å². The minimum absolute atomic E-state index is 0.00362. The van der Waals surface area contributed by atoms with Crippen LogP contribution in [0, 0.1) is 0 Å². The summed E-state index contributed by atoms with van der Waals surface area (Å²) in [4.78, 5) is 26.3. The van der Waals surface area contributed by atoms with Crippen LogP contribution in [0.3, 0.4) is 0 Å². The van der Waals surface area contributed by atoms with Crippen molar-refractivity contribution in [3.63, 3.8) is 0 Å². The van der Waals surface area contributed by atoms with Gasteiger partial charge >= 0.3 is 6.03 Å². The van der Waals surface area contributed by atoms with E-state index in [1.807, 2.05) is 60.7 Å². The molecule has 1 fully saturated rings. The Morgan fingerprint density at radius 3 is 2.17 bits per heavy atom. The largest absolute Gasteiger partial charge is 0.457 e. The second-order valence-corrected chi connectivity index (χ2v) is 6.78. The van der Waals surface area contributed by atoms with E-state index in [0.29, 0.717) is 18.0 Å². The van der Waals surface area contributed by atoms with E-state index in [2.05, 4.69) is 10.6 Å². The van der Waals surface area contributed by atoms with Gasteiger partial charge in [-0.2, -0.15) is 0 Å². The van der Waals surface area contributed by atoms with Crippen molar-refractivity contribution < 1.29 is 14.3 Å². The lowest BCUT2D eigenvalue weighted by atomic mass is 10.2. The molecule has 29 heavy (non-hydrogen) atoms. The molecule has 6 nitrogen and oxygen atoms in total. The average Bonchev–Trinajstić information content (AvgIpc) is 3.10. The fourth-order valence-corrected chi connectivity index (χ4v) is 3.25. The molecule has 146 valence electrons. The number of urea groups is 1. The lowest BCUT2D eigenvalue weighted by molar-refractivity contribution is -0.117. The highest BCUT2D eigenvalue weighted by atomic mass is 16.5. The zero-order chi connectivity index (χ0) is 20.1. The number of hydrogen-bond acceptors (Lipinski definition) is 3. The van der Waals surface area contributed by atoms with Crippen LogP contribution < -0.4 is 20.3 Å². The molecule has 1 aliphatic rings. The normalized spacial score (nSPS) is 15.8. The number of carbonyl (C=O) groups excluding carboxylic acids is 2. The number of carbonyl (C=O) groups is 2. The van der Waals surface area contributed by atoms with E-state index in [-0.39, 0.29) is 24.4 Å². The van der Waals surface area contributed by atoms with Gasteiger partial charge in [0.1, 0.15) is 11.5 Å². The number of nitrogens with one attached hydrogen (secondary N) is 2. The molecule has 3 aromatic carbocycles. The molecule has 3 amide bonds. The van der Waals surface area contributed by atoms with Gasteiger partial charge in [-0.1, -0.05) is 36.4 Å². The first-order valence-corrected chi connectivity index (χ1v) is 9.43. The molecule has 0 spiro atoms. The number of hydrogen-bond donors (Lipinski definition) is 2. The molecule has 1 aliphatic heterocycles. The quantitative estimate of drug-likeness (QED) is 0.681. The number of benzene rings is 3. The molecule has 0 saturated carbocycles. The predicted octanol–water partition coefficient (Wildman–Crippen LogP) is 4.41. The topological polar surface area (TPSA) is 70.7 Å². The Labute approximate surface area is 169 Å². The van der Waals surface area contributed by atoms with Gasteiger partial charge in [0.15, 0.2) is 0 Å². The van der Waals surface area contributed by atoms with E-state index in [1.54, 1.807) is 29.2 Å². The molecule has 0 radical (unpaired) electrons. The average molecular weight is 387 g/mol. The lowest BCUT2D eigenvalue weighted by Gasteiger charge is -2.17. The molecule has 0 bridgehead atoms. The second kappa shape index (κ2) is 8.48. The van der Waals surface area contributed by atoms with E-state index in [9.17, 15) is 9.59 Å². The number of amides is 3. The maximum absolute atomic E-state index is 12.3. The van der Waals surface area contributed by atoms with Crippen molar-refractivity contribution in [2.75, 3.05) is 16.8 Å². The van der Waals surface area contributed by atoms with Crippen LogP contribution in [0.1, 0.15) is 6.42 Å². The van der Waals surface area contributed by atoms with Gasteiger partial charge < -0.3 is 20.3 Å². The fraction of sp³-hybridized carbons (Fsp3) is 0.130. The summed E-state index contributed by atoms with van der Waals surface area (Å²) in [5.41, 5.74) is 1.49. The summed E-state index contributed by atoms with van der Waals surface area (Å²) >= 11 is 0. The van der Waals surface area contributed by atoms with Gasteiger partial charge in [-0.25, -0.2) is 4.79 Å². The monoisotopic (exact) mass is 387 g/mol. The van der Waals surface area contributed by atoms with Gasteiger partial charge in [-0.05, 0) is 48.5 Å². The van der Waals surface area contributed by atoms with Gasteiger partial charge in [0.25, 0.3) is 0 Å². The minimum atomic E-state index is -0.338. The number of anilines is 2. The summed E-state index contributed by atoms with van der Waals surface area (Å²) in [6.07, 6.45) is 0.284. The lowest BCUT2D eigenvalue weighted by Crippen LogP contribution is -2.39. The molecule has 1 saturated heterocycles. The number of para-hydroxylation sites is 2. The van der Waals surface area contributed by atoms with E-state index in [4.69, 9.17) is 4.74 Å². The van der Waals surface area contributed by atoms with Gasteiger partial charge in [-0.3, -0.25) is 4.79 Å². The Kier molecular flexibility index (Phi) is 5.42. The standard InChI is InChI=1S/C23H21N3O3/c27-22-15-18(16-26(22)19-7-3-1-4-8-19)25-23(28)24-17-11-13-21(14-12-17)29-20-9-5-2-6-10-20/h1-14,18H,15-16H2,(H2,24,25,28)/t18-/m1/s1. The van der Waals surface area contributed by atoms with Crippen molar-refractivity contribution >= 4 is 23.3 Å². The third-order valence-corrected chi connectivity index (χ3v) is 4.62. The number of rotatable bonds is 5. The van der Waals surface area contributed by atoms with Crippen LogP contribution in [0.15, 0.2) is 84.9 Å². The summed E-state index contributed by atoms with van der Waals surface area (Å²) in [6, 6.07) is 25.5. The Balaban J connectivity index is 1.30. The Hall–Kier alpha value is -3.80. The van der Waals surface area contributed by atoms with Gasteiger partial charge in [0.2, 0.25) is 5.91 Å². The van der Waals surface area contributed by atoms with E-state index >= 15 is 0 Å². The van der Waals surface area contributed by atoms with Crippen molar-refractivity contribution in [3.8, 4) is 11.5 Å². The smallest absolute Gasteiger partial charge is 0.319 e. The fourth-order valence-electron chi connectivity index (χ4n) is 3.25. The SMILES string of the molecule is O=C(Nc1ccc(Oc2ccccc2)cc1)N[C@@H]1CC(=O)N(c2ccccc2)C1. The molecule has 1 atom stereocenters. The van der Waals surface area contributed by atoms with Gasteiger partial charge in [-0.15, -0.1) is 0 Å².